The molecule has 2 aromatic rings. The van der Waals surface area contributed by atoms with E-state index in [1.54, 1.807) is 0 Å². The van der Waals surface area contributed by atoms with Gasteiger partial charge < -0.3 is 5.73 Å². The van der Waals surface area contributed by atoms with E-state index in [2.05, 4.69) is 17.0 Å². The van der Waals surface area contributed by atoms with Crippen molar-refractivity contribution in [1.29, 1.82) is 0 Å². The van der Waals surface area contributed by atoms with Crippen LogP contribution in [0.25, 0.3) is 0 Å². The number of nitrogens with two attached hydrogens (primary N) is 1. The van der Waals surface area contributed by atoms with Crippen molar-refractivity contribution in [1.82, 2.24) is 4.90 Å². The molecular weight excluding hydrogens is 270 g/mol. The Morgan fingerprint density at radius 3 is 2.57 bits per heavy atom. The Labute approximate surface area is 123 Å². The van der Waals surface area contributed by atoms with E-state index in [1.807, 2.05) is 18.2 Å². The van der Waals surface area contributed by atoms with Crippen LogP contribution < -0.4 is 5.73 Å². The van der Waals surface area contributed by atoms with Crippen LogP contribution in [0.2, 0.25) is 0 Å². The molecule has 0 unspecified atom stereocenters. The smallest absolute Gasteiger partial charge is 0.126 e. The summed E-state index contributed by atoms with van der Waals surface area (Å²) in [6, 6.07) is 13.5. The molecule has 2 N–H and O–H groups in total. The van der Waals surface area contributed by atoms with Crippen LogP contribution in [0.1, 0.15) is 17.0 Å². The molecule has 0 radical (unpaired) electrons. The molecule has 0 aromatic heterocycles. The summed E-state index contributed by atoms with van der Waals surface area (Å²) in [5.74, 6) is -0.956. The number of nitrogens with zero attached hydrogens (tertiary/aromatic N) is 1. The van der Waals surface area contributed by atoms with Gasteiger partial charge in [-0.15, -0.1) is 0 Å². The molecule has 2 nitrogen and oxygen atoms in total. The lowest BCUT2D eigenvalue weighted by Crippen LogP contribution is -2.29. The number of hydrogen-bond donors (Lipinski definition) is 1. The topological polar surface area (TPSA) is 29.3 Å². The zero-order valence-corrected chi connectivity index (χ0v) is 11.7. The first-order valence-corrected chi connectivity index (χ1v) is 7.10. The minimum atomic E-state index is -0.417. The number of rotatable bonds is 3. The van der Waals surface area contributed by atoms with Crippen LogP contribution in [0.4, 0.5) is 8.78 Å². The summed E-state index contributed by atoms with van der Waals surface area (Å²) in [4.78, 5) is 2.19. The van der Waals surface area contributed by atoms with Crippen molar-refractivity contribution >= 4 is 0 Å². The third-order valence-corrected chi connectivity index (χ3v) is 4.05. The predicted octanol–water partition coefficient (Wildman–Crippen LogP) is 2.89. The van der Waals surface area contributed by atoms with Crippen LogP contribution in [-0.2, 0) is 6.54 Å². The van der Waals surface area contributed by atoms with Gasteiger partial charge in [0.15, 0.2) is 0 Å². The largest absolute Gasteiger partial charge is 0.326 e. The maximum absolute atomic E-state index is 13.9. The molecule has 4 heteroatoms. The lowest BCUT2D eigenvalue weighted by Gasteiger charge is -2.16. The minimum absolute atomic E-state index is 0.163. The van der Waals surface area contributed by atoms with E-state index in [4.69, 9.17) is 5.73 Å². The molecule has 0 saturated carbocycles. The van der Waals surface area contributed by atoms with E-state index in [9.17, 15) is 8.78 Å². The van der Waals surface area contributed by atoms with Gasteiger partial charge in [0.25, 0.3) is 0 Å². The first kappa shape index (κ1) is 14.2. The van der Waals surface area contributed by atoms with Crippen LogP contribution in [-0.4, -0.2) is 24.0 Å². The highest BCUT2D eigenvalue weighted by Gasteiger charge is 2.33. The van der Waals surface area contributed by atoms with Crippen LogP contribution in [0.15, 0.2) is 48.5 Å². The van der Waals surface area contributed by atoms with Crippen molar-refractivity contribution in [3.8, 4) is 0 Å². The Balaban J connectivity index is 1.75. The monoisotopic (exact) mass is 288 g/mol. The Hall–Kier alpha value is -1.78. The Morgan fingerprint density at radius 2 is 1.81 bits per heavy atom. The Bertz CT molecular complexity index is 615. The zero-order chi connectivity index (χ0) is 14.8. The Kier molecular flexibility index (Phi) is 3.99. The third-order valence-electron chi connectivity index (χ3n) is 4.05. The van der Waals surface area contributed by atoms with Crippen LogP contribution in [0, 0.1) is 11.6 Å². The second-order valence-corrected chi connectivity index (χ2v) is 5.62. The molecule has 2 aromatic carbocycles. The van der Waals surface area contributed by atoms with Gasteiger partial charge in [-0.05, 0) is 29.3 Å². The minimum Gasteiger partial charge on any atom is -0.326 e. The first-order chi connectivity index (χ1) is 10.1. The lowest BCUT2D eigenvalue weighted by molar-refractivity contribution is 0.323. The highest BCUT2D eigenvalue weighted by Crippen LogP contribution is 2.29. The molecule has 2 atom stereocenters. The predicted molar refractivity (Wildman–Crippen MR) is 78.8 cm³/mol. The van der Waals surface area contributed by atoms with Crippen molar-refractivity contribution in [2.24, 2.45) is 5.73 Å². The number of likely N-dealkylation sites (tertiary alicyclic amines) is 1. The van der Waals surface area contributed by atoms with Crippen LogP contribution in [0.3, 0.4) is 0 Å². The summed E-state index contributed by atoms with van der Waals surface area (Å²) >= 11 is 0. The van der Waals surface area contributed by atoms with Gasteiger partial charge in [0.2, 0.25) is 0 Å². The average Bonchev–Trinajstić information content (AvgIpc) is 2.83. The molecule has 1 aliphatic heterocycles. The van der Waals surface area contributed by atoms with Crippen molar-refractivity contribution in [2.75, 3.05) is 13.1 Å². The number of hydrogen-bond acceptors (Lipinski definition) is 2. The second kappa shape index (κ2) is 5.92. The van der Waals surface area contributed by atoms with Gasteiger partial charge in [0, 0.05) is 31.6 Å². The second-order valence-electron chi connectivity index (χ2n) is 5.62. The molecule has 3 rings (SSSR count). The van der Waals surface area contributed by atoms with Crippen molar-refractivity contribution < 1.29 is 8.78 Å². The molecule has 1 saturated heterocycles. The molecule has 0 amide bonds. The van der Waals surface area contributed by atoms with E-state index in [-0.39, 0.29) is 17.8 Å². The molecule has 1 heterocycles. The highest BCUT2D eigenvalue weighted by molar-refractivity contribution is 5.26. The fourth-order valence-electron chi connectivity index (χ4n) is 3.01. The Morgan fingerprint density at radius 1 is 1.05 bits per heavy atom. The lowest BCUT2D eigenvalue weighted by atomic mass is 9.94. The molecule has 1 aliphatic rings. The standard InChI is InChI=1S/C17H18F2N2/c18-13-6-7-16(19)14(8-13)15-10-21(11-17(15)20)9-12-4-2-1-3-5-12/h1-8,15,17H,9-11,20H2/t15-,17+/m1/s1. The summed E-state index contributed by atoms with van der Waals surface area (Å²) < 4.78 is 27.3. The van der Waals surface area contributed by atoms with E-state index >= 15 is 0 Å². The summed E-state index contributed by atoms with van der Waals surface area (Å²) in [5.41, 5.74) is 7.73. The number of benzene rings is 2. The highest BCUT2D eigenvalue weighted by atomic mass is 19.1. The number of halogens is 2. The maximum Gasteiger partial charge on any atom is 0.126 e. The van der Waals surface area contributed by atoms with Crippen molar-refractivity contribution in [3.05, 3.63) is 71.3 Å². The fourth-order valence-corrected chi connectivity index (χ4v) is 3.01. The maximum atomic E-state index is 13.9. The van der Waals surface area contributed by atoms with Gasteiger partial charge >= 0.3 is 0 Å². The van der Waals surface area contributed by atoms with Gasteiger partial charge in [-0.25, -0.2) is 8.78 Å². The molecule has 0 spiro atoms. The van der Waals surface area contributed by atoms with Gasteiger partial charge in [0.1, 0.15) is 11.6 Å². The zero-order valence-electron chi connectivity index (χ0n) is 11.7. The molecule has 0 bridgehead atoms. The van der Waals surface area contributed by atoms with E-state index in [1.165, 1.54) is 17.7 Å². The molecule has 0 aliphatic carbocycles. The van der Waals surface area contributed by atoms with Crippen molar-refractivity contribution in [2.45, 2.75) is 18.5 Å². The van der Waals surface area contributed by atoms with E-state index < -0.39 is 5.82 Å². The van der Waals surface area contributed by atoms with Crippen LogP contribution in [0.5, 0.6) is 0 Å². The van der Waals surface area contributed by atoms with Gasteiger partial charge in [0.05, 0.1) is 0 Å². The van der Waals surface area contributed by atoms with E-state index in [0.717, 1.165) is 12.6 Å². The average molecular weight is 288 g/mol. The molecule has 21 heavy (non-hydrogen) atoms. The third kappa shape index (κ3) is 3.12. The summed E-state index contributed by atoms with van der Waals surface area (Å²) in [6.45, 7) is 2.12. The summed E-state index contributed by atoms with van der Waals surface area (Å²) in [7, 11) is 0. The fraction of sp³-hybridized carbons (Fsp3) is 0.294. The summed E-state index contributed by atoms with van der Waals surface area (Å²) in [5, 5.41) is 0. The molecule has 110 valence electrons. The van der Waals surface area contributed by atoms with E-state index in [0.29, 0.717) is 18.7 Å². The quantitative estimate of drug-likeness (QED) is 0.941. The van der Waals surface area contributed by atoms with Crippen LogP contribution >= 0.6 is 0 Å². The normalized spacial score (nSPS) is 22.6. The first-order valence-electron chi connectivity index (χ1n) is 7.10. The van der Waals surface area contributed by atoms with Gasteiger partial charge in [-0.3, -0.25) is 4.90 Å². The molecule has 1 fully saturated rings. The summed E-state index contributed by atoms with van der Waals surface area (Å²) in [6.07, 6.45) is 0. The van der Waals surface area contributed by atoms with Gasteiger partial charge in [-0.2, -0.15) is 0 Å². The van der Waals surface area contributed by atoms with Crippen molar-refractivity contribution in [3.63, 3.8) is 0 Å². The SMILES string of the molecule is N[C@H]1CN(Cc2ccccc2)C[C@@H]1c1cc(F)ccc1F. The van der Waals surface area contributed by atoms with Gasteiger partial charge in [-0.1, -0.05) is 30.3 Å². The molecular formula is C17H18F2N2.